The summed E-state index contributed by atoms with van der Waals surface area (Å²) >= 11 is 0. The molecular weight excluding hydrogens is 227 g/mol. The monoisotopic (exact) mass is 250 g/mol. The first-order valence-corrected chi connectivity index (χ1v) is 7.03. The highest BCUT2D eigenvalue weighted by atomic mass is 19.1. The van der Waals surface area contributed by atoms with Crippen LogP contribution in [0.5, 0.6) is 0 Å². The molecule has 1 N–H and O–H groups in total. The molecule has 0 aromatic heterocycles. The Morgan fingerprint density at radius 1 is 1.33 bits per heavy atom. The Kier molecular flexibility index (Phi) is 5.00. The number of anilines is 1. The van der Waals surface area contributed by atoms with Crippen molar-refractivity contribution in [2.24, 2.45) is 0 Å². The topological polar surface area (TPSA) is 15.3 Å². The number of nitrogens with zero attached hydrogens (tertiary/aromatic N) is 1. The molecule has 0 radical (unpaired) electrons. The SMILES string of the molecule is CCN(CC1CCCCCN1)c1cccc(F)c1. The molecule has 1 aromatic rings. The van der Waals surface area contributed by atoms with E-state index in [9.17, 15) is 4.39 Å². The maximum absolute atomic E-state index is 13.3. The van der Waals surface area contributed by atoms with Gasteiger partial charge in [0, 0.05) is 24.8 Å². The highest BCUT2D eigenvalue weighted by molar-refractivity contribution is 5.46. The van der Waals surface area contributed by atoms with E-state index in [2.05, 4.69) is 17.1 Å². The highest BCUT2D eigenvalue weighted by Crippen LogP contribution is 2.17. The average molecular weight is 250 g/mol. The van der Waals surface area contributed by atoms with Gasteiger partial charge in [-0.2, -0.15) is 0 Å². The molecule has 1 aliphatic heterocycles. The van der Waals surface area contributed by atoms with Crippen molar-refractivity contribution in [2.45, 2.75) is 38.6 Å². The lowest BCUT2D eigenvalue weighted by Gasteiger charge is -2.28. The summed E-state index contributed by atoms with van der Waals surface area (Å²) in [6.07, 6.45) is 5.14. The first kappa shape index (κ1) is 13.3. The molecule has 1 atom stereocenters. The van der Waals surface area contributed by atoms with Crippen molar-refractivity contribution in [1.29, 1.82) is 0 Å². The number of hydrogen-bond acceptors (Lipinski definition) is 2. The fourth-order valence-corrected chi connectivity index (χ4v) is 2.61. The van der Waals surface area contributed by atoms with Gasteiger partial charge in [0.25, 0.3) is 0 Å². The molecule has 1 heterocycles. The van der Waals surface area contributed by atoms with Gasteiger partial charge >= 0.3 is 0 Å². The Balaban J connectivity index is 1.99. The molecule has 0 saturated carbocycles. The lowest BCUT2D eigenvalue weighted by molar-refractivity contribution is 0.502. The van der Waals surface area contributed by atoms with Crippen LogP contribution < -0.4 is 10.2 Å². The Morgan fingerprint density at radius 2 is 2.22 bits per heavy atom. The van der Waals surface area contributed by atoms with E-state index in [0.717, 1.165) is 25.3 Å². The second kappa shape index (κ2) is 6.74. The molecule has 2 rings (SSSR count). The fraction of sp³-hybridized carbons (Fsp3) is 0.600. The van der Waals surface area contributed by atoms with E-state index < -0.39 is 0 Å². The van der Waals surface area contributed by atoms with Crippen molar-refractivity contribution in [1.82, 2.24) is 5.32 Å². The summed E-state index contributed by atoms with van der Waals surface area (Å²) in [6.45, 7) is 5.13. The first-order valence-electron chi connectivity index (χ1n) is 7.03. The van der Waals surface area contributed by atoms with Crippen LogP contribution in [-0.4, -0.2) is 25.7 Å². The van der Waals surface area contributed by atoms with E-state index in [0.29, 0.717) is 6.04 Å². The normalized spacial score (nSPS) is 20.4. The van der Waals surface area contributed by atoms with E-state index in [1.165, 1.54) is 31.7 Å². The molecule has 18 heavy (non-hydrogen) atoms. The minimum atomic E-state index is -0.153. The predicted molar refractivity (Wildman–Crippen MR) is 74.5 cm³/mol. The van der Waals surface area contributed by atoms with Gasteiger partial charge < -0.3 is 10.2 Å². The molecule has 1 aromatic carbocycles. The van der Waals surface area contributed by atoms with Gasteiger partial charge in [0.1, 0.15) is 5.82 Å². The minimum Gasteiger partial charge on any atom is -0.370 e. The zero-order valence-corrected chi connectivity index (χ0v) is 11.2. The van der Waals surface area contributed by atoms with Crippen molar-refractivity contribution in [3.63, 3.8) is 0 Å². The number of rotatable bonds is 4. The van der Waals surface area contributed by atoms with Crippen molar-refractivity contribution in [3.05, 3.63) is 30.1 Å². The summed E-state index contributed by atoms with van der Waals surface area (Å²) in [5.74, 6) is -0.153. The lowest BCUT2D eigenvalue weighted by Crippen LogP contribution is -2.40. The number of likely N-dealkylation sites (N-methyl/N-ethyl adjacent to an activating group) is 1. The highest BCUT2D eigenvalue weighted by Gasteiger charge is 2.15. The van der Waals surface area contributed by atoms with Crippen LogP contribution >= 0.6 is 0 Å². The molecule has 0 spiro atoms. The Morgan fingerprint density at radius 3 is 3.00 bits per heavy atom. The van der Waals surface area contributed by atoms with E-state index >= 15 is 0 Å². The van der Waals surface area contributed by atoms with E-state index in [1.807, 2.05) is 6.07 Å². The van der Waals surface area contributed by atoms with Crippen molar-refractivity contribution in [2.75, 3.05) is 24.5 Å². The molecule has 0 bridgehead atoms. The number of hydrogen-bond donors (Lipinski definition) is 1. The van der Waals surface area contributed by atoms with E-state index in [1.54, 1.807) is 12.1 Å². The smallest absolute Gasteiger partial charge is 0.125 e. The zero-order chi connectivity index (χ0) is 12.8. The molecule has 2 nitrogen and oxygen atoms in total. The van der Waals surface area contributed by atoms with Gasteiger partial charge in [-0.25, -0.2) is 4.39 Å². The van der Waals surface area contributed by atoms with Gasteiger partial charge in [-0.3, -0.25) is 0 Å². The fourth-order valence-electron chi connectivity index (χ4n) is 2.61. The molecule has 1 fully saturated rings. The molecule has 0 aliphatic carbocycles. The second-order valence-corrected chi connectivity index (χ2v) is 5.02. The summed E-state index contributed by atoms with van der Waals surface area (Å²) in [5, 5.41) is 3.60. The number of benzene rings is 1. The van der Waals surface area contributed by atoms with Crippen LogP contribution in [0.1, 0.15) is 32.6 Å². The molecule has 1 aliphatic rings. The van der Waals surface area contributed by atoms with Gasteiger partial charge in [-0.15, -0.1) is 0 Å². The average Bonchev–Trinajstić information content (AvgIpc) is 2.64. The van der Waals surface area contributed by atoms with Crippen LogP contribution in [0.15, 0.2) is 24.3 Å². The van der Waals surface area contributed by atoms with Crippen LogP contribution in [0.3, 0.4) is 0 Å². The molecular formula is C15H23FN2. The van der Waals surface area contributed by atoms with Crippen molar-refractivity contribution < 1.29 is 4.39 Å². The van der Waals surface area contributed by atoms with Gasteiger partial charge in [0.15, 0.2) is 0 Å². The molecule has 1 saturated heterocycles. The summed E-state index contributed by atoms with van der Waals surface area (Å²) in [5.41, 5.74) is 0.989. The third kappa shape index (κ3) is 3.70. The molecule has 3 heteroatoms. The van der Waals surface area contributed by atoms with Crippen LogP contribution in [0.2, 0.25) is 0 Å². The second-order valence-electron chi connectivity index (χ2n) is 5.02. The minimum absolute atomic E-state index is 0.153. The Hall–Kier alpha value is -1.09. The summed E-state index contributed by atoms with van der Waals surface area (Å²) in [4.78, 5) is 2.26. The summed E-state index contributed by atoms with van der Waals surface area (Å²) in [6, 6.07) is 7.44. The first-order chi connectivity index (χ1) is 8.79. The van der Waals surface area contributed by atoms with Crippen LogP contribution in [0, 0.1) is 5.82 Å². The van der Waals surface area contributed by atoms with Gasteiger partial charge in [0.2, 0.25) is 0 Å². The summed E-state index contributed by atoms with van der Waals surface area (Å²) in [7, 11) is 0. The molecule has 1 unspecified atom stereocenters. The third-order valence-corrected chi connectivity index (χ3v) is 3.66. The quantitative estimate of drug-likeness (QED) is 0.883. The van der Waals surface area contributed by atoms with Crippen molar-refractivity contribution in [3.8, 4) is 0 Å². The Labute approximate surface area is 109 Å². The number of nitrogens with one attached hydrogen (secondary N) is 1. The number of halogens is 1. The predicted octanol–water partition coefficient (Wildman–Crippen LogP) is 3.18. The maximum atomic E-state index is 13.3. The van der Waals surface area contributed by atoms with Crippen molar-refractivity contribution >= 4 is 5.69 Å². The van der Waals surface area contributed by atoms with Gasteiger partial charge in [0.05, 0.1) is 0 Å². The van der Waals surface area contributed by atoms with E-state index in [-0.39, 0.29) is 5.82 Å². The standard InChI is InChI=1S/C15H23FN2/c1-2-18(15-9-6-7-13(16)11-15)12-14-8-4-3-5-10-17-14/h6-7,9,11,14,17H,2-5,8,10,12H2,1H3. The van der Waals surface area contributed by atoms with Crippen LogP contribution in [0.4, 0.5) is 10.1 Å². The van der Waals surface area contributed by atoms with Crippen LogP contribution in [0.25, 0.3) is 0 Å². The van der Waals surface area contributed by atoms with Gasteiger partial charge in [-0.05, 0) is 44.5 Å². The Bertz CT molecular complexity index is 359. The largest absolute Gasteiger partial charge is 0.370 e. The van der Waals surface area contributed by atoms with Crippen LogP contribution in [-0.2, 0) is 0 Å². The van der Waals surface area contributed by atoms with E-state index in [4.69, 9.17) is 0 Å². The lowest BCUT2D eigenvalue weighted by atomic mass is 10.1. The maximum Gasteiger partial charge on any atom is 0.125 e. The molecule has 0 amide bonds. The summed E-state index contributed by atoms with van der Waals surface area (Å²) < 4.78 is 13.3. The molecule has 100 valence electrons. The third-order valence-electron chi connectivity index (χ3n) is 3.66. The van der Waals surface area contributed by atoms with Gasteiger partial charge in [-0.1, -0.05) is 18.9 Å². The zero-order valence-electron chi connectivity index (χ0n) is 11.2.